The minimum Gasteiger partial charge on any atom is -0.390 e. The molecule has 1 N–H and O–H groups in total. The largest absolute Gasteiger partial charge is 0.390 e. The third kappa shape index (κ3) is 3.03. The third-order valence-corrected chi connectivity index (χ3v) is 13.6. The minimum atomic E-state index is -0.840. The third-order valence-electron chi connectivity index (χ3n) is 13.6. The molecule has 2 bridgehead atoms. The summed E-state index contributed by atoms with van der Waals surface area (Å²) in [4.78, 5) is 29.3. The van der Waals surface area contributed by atoms with E-state index in [4.69, 9.17) is 14.2 Å². The zero-order valence-corrected chi connectivity index (χ0v) is 25.4. The summed E-state index contributed by atoms with van der Waals surface area (Å²) >= 11 is 0. The summed E-state index contributed by atoms with van der Waals surface area (Å²) in [6.45, 7) is 7.67. The average molecular weight is 590 g/mol. The molecule has 1 unspecified atom stereocenters. The predicted molar refractivity (Wildman–Crippen MR) is 158 cm³/mol. The minimum absolute atomic E-state index is 0.0330. The normalized spacial score (nSPS) is 47.7. The molecular weight excluding hydrogens is 546 g/mol. The van der Waals surface area contributed by atoms with Crippen molar-refractivity contribution >= 4 is 0 Å². The van der Waals surface area contributed by atoms with Gasteiger partial charge < -0.3 is 19.3 Å². The van der Waals surface area contributed by atoms with Gasteiger partial charge in [-0.3, -0.25) is 0 Å². The maximum absolute atomic E-state index is 14.7. The van der Waals surface area contributed by atoms with E-state index in [1.165, 1.54) is 4.57 Å². The average Bonchev–Trinajstić information content (AvgIpc) is 3.68. The topological polar surface area (TPSA) is 100 Å². The maximum Gasteiger partial charge on any atom is 0.352 e. The van der Waals surface area contributed by atoms with Gasteiger partial charge in [-0.25, -0.2) is 23.5 Å². The number of hydrogen-bond acceptors (Lipinski definition) is 6. The van der Waals surface area contributed by atoms with Gasteiger partial charge in [0.25, 0.3) is 0 Å². The lowest BCUT2D eigenvalue weighted by molar-refractivity contribution is -0.218. The summed E-state index contributed by atoms with van der Waals surface area (Å²) in [7, 11) is 0. The van der Waals surface area contributed by atoms with Gasteiger partial charge in [0.1, 0.15) is 6.10 Å². The second-order valence-electron chi connectivity index (χ2n) is 15.1. The van der Waals surface area contributed by atoms with Gasteiger partial charge in [-0.1, -0.05) is 44.2 Å². The molecule has 1 aromatic carbocycles. The Hall–Kier alpha value is -2.46. The molecule has 10 rings (SSSR count). The number of aromatic nitrogens is 3. The molecule has 2 spiro atoms. The highest BCUT2D eigenvalue weighted by molar-refractivity contribution is 5.40. The van der Waals surface area contributed by atoms with Crippen LogP contribution in [0.4, 0.5) is 0 Å². The fourth-order valence-electron chi connectivity index (χ4n) is 11.7. The van der Waals surface area contributed by atoms with E-state index in [1.54, 1.807) is 4.68 Å². The first-order valence-electron chi connectivity index (χ1n) is 16.5. The summed E-state index contributed by atoms with van der Waals surface area (Å²) in [5.41, 5.74) is -2.07. The van der Waals surface area contributed by atoms with Gasteiger partial charge in [-0.15, -0.1) is 0 Å². The number of benzene rings is 1. The number of aliphatic hydroxyl groups is 1. The van der Waals surface area contributed by atoms with Crippen LogP contribution >= 0.6 is 0 Å². The lowest BCUT2D eigenvalue weighted by atomic mass is 9.40. The van der Waals surface area contributed by atoms with E-state index in [9.17, 15) is 14.7 Å². The van der Waals surface area contributed by atoms with Crippen LogP contribution in [-0.4, -0.2) is 56.4 Å². The molecule has 5 fully saturated rings. The number of hydrogen-bond donors (Lipinski definition) is 1. The van der Waals surface area contributed by atoms with Crippen LogP contribution in [0.15, 0.2) is 52.1 Å². The molecule has 0 amide bonds. The highest BCUT2D eigenvalue weighted by Crippen LogP contribution is 2.75. The summed E-state index contributed by atoms with van der Waals surface area (Å²) < 4.78 is 23.9. The highest BCUT2D eigenvalue weighted by atomic mass is 16.7. The molecule has 8 aliphatic rings. The maximum atomic E-state index is 14.7. The SMILES string of the molecule is C[C@H](OC1CCCCO1)[C@H]1CC[C@@H]2[C@]1(C)CC[C@H]1[C@]23C=C[C@]2(C[C@@H](O)[C@@H]4O[C@@H]4[C@]12C)n1c(=O)n(-c2ccccc2)c(=O)n13. The van der Waals surface area contributed by atoms with E-state index in [-0.39, 0.29) is 53.2 Å². The molecule has 4 aliphatic heterocycles. The van der Waals surface area contributed by atoms with Crippen molar-refractivity contribution in [1.29, 1.82) is 0 Å². The monoisotopic (exact) mass is 589 g/mol. The molecule has 9 nitrogen and oxygen atoms in total. The number of nitrogens with zero attached hydrogens (tertiary/aromatic N) is 3. The number of aliphatic hydroxyl groups excluding tert-OH is 1. The van der Waals surface area contributed by atoms with Crippen LogP contribution in [-0.2, 0) is 25.3 Å². The van der Waals surface area contributed by atoms with Gasteiger partial charge >= 0.3 is 11.4 Å². The van der Waals surface area contributed by atoms with Crippen molar-refractivity contribution < 1.29 is 19.3 Å². The molecule has 1 aromatic heterocycles. The second-order valence-corrected chi connectivity index (χ2v) is 15.1. The Balaban J connectivity index is 1.23. The van der Waals surface area contributed by atoms with Crippen LogP contribution in [0.1, 0.15) is 72.1 Å². The quantitative estimate of drug-likeness (QED) is 0.432. The van der Waals surface area contributed by atoms with Gasteiger partial charge in [-0.05, 0) is 87.2 Å². The van der Waals surface area contributed by atoms with Crippen LogP contribution in [0.5, 0.6) is 0 Å². The molecule has 9 heteroatoms. The summed E-state index contributed by atoms with van der Waals surface area (Å²) in [5.74, 6) is 0.566. The molecule has 12 atom stereocenters. The van der Waals surface area contributed by atoms with E-state index in [1.807, 2.05) is 35.0 Å². The summed E-state index contributed by atoms with van der Waals surface area (Å²) in [5, 5.41) is 11.2. The lowest BCUT2D eigenvalue weighted by Gasteiger charge is -2.70. The number of epoxide rings is 1. The van der Waals surface area contributed by atoms with Gasteiger partial charge in [0.05, 0.1) is 35.1 Å². The molecular formula is C34H43N3O6. The van der Waals surface area contributed by atoms with Gasteiger partial charge in [-0.2, -0.15) is 0 Å². The predicted octanol–water partition coefficient (Wildman–Crippen LogP) is 3.69. The Morgan fingerprint density at radius 2 is 1.77 bits per heavy atom. The van der Waals surface area contributed by atoms with Crippen molar-refractivity contribution in [2.24, 2.45) is 28.6 Å². The first-order valence-corrected chi connectivity index (χ1v) is 16.5. The van der Waals surface area contributed by atoms with Gasteiger partial charge in [0.2, 0.25) is 0 Å². The van der Waals surface area contributed by atoms with Gasteiger partial charge in [0.15, 0.2) is 6.29 Å². The molecule has 230 valence electrons. The van der Waals surface area contributed by atoms with Crippen molar-refractivity contribution in [2.45, 2.75) is 114 Å². The molecule has 3 saturated carbocycles. The fraction of sp³-hybridized carbons (Fsp3) is 0.706. The Kier molecular flexibility index (Phi) is 5.39. The van der Waals surface area contributed by atoms with Crippen LogP contribution in [0.3, 0.4) is 0 Å². The van der Waals surface area contributed by atoms with Crippen LogP contribution in [0.25, 0.3) is 5.69 Å². The molecule has 2 aromatic rings. The van der Waals surface area contributed by atoms with Crippen LogP contribution in [0.2, 0.25) is 0 Å². The lowest BCUT2D eigenvalue weighted by Crippen LogP contribution is -2.78. The standard InChI is InChI=1S/C34H43N3O6/c1-20(42-26-11-7-8-18-41-26)22-12-13-24-31(22,2)15-14-25-32(3)28-27(43-28)23(38)19-33(32)16-17-34(24,25)37-30(40)35(29(39)36(33)37)21-9-5-4-6-10-21/h4-6,9-10,16-17,20,22-28,38H,7-8,11-15,18-19H2,1-3H3/t20-,22+,23+,24+,25+,26?,27-,28-,31+,32-,33+,34-/m0/s1. The van der Waals surface area contributed by atoms with Crippen molar-refractivity contribution in [3.05, 3.63) is 63.5 Å². The summed E-state index contributed by atoms with van der Waals surface area (Å²) in [6, 6.07) is 9.28. The Labute approximate surface area is 251 Å². The second kappa shape index (κ2) is 8.62. The van der Waals surface area contributed by atoms with E-state index >= 15 is 0 Å². The first kappa shape index (κ1) is 26.9. The Morgan fingerprint density at radius 3 is 2.53 bits per heavy atom. The first-order chi connectivity index (χ1) is 20.7. The van der Waals surface area contributed by atoms with E-state index in [0.717, 1.165) is 51.6 Å². The highest BCUT2D eigenvalue weighted by Gasteiger charge is 2.81. The number of para-hydroxylation sites is 1. The van der Waals surface area contributed by atoms with E-state index in [2.05, 4.69) is 32.9 Å². The van der Waals surface area contributed by atoms with E-state index < -0.39 is 22.6 Å². The van der Waals surface area contributed by atoms with Crippen molar-refractivity contribution in [3.8, 4) is 5.69 Å². The van der Waals surface area contributed by atoms with E-state index in [0.29, 0.717) is 18.0 Å². The van der Waals surface area contributed by atoms with Crippen LogP contribution < -0.4 is 11.4 Å². The Morgan fingerprint density at radius 1 is 0.977 bits per heavy atom. The number of ether oxygens (including phenoxy) is 3. The molecule has 43 heavy (non-hydrogen) atoms. The Bertz CT molecular complexity index is 1620. The van der Waals surface area contributed by atoms with Crippen molar-refractivity contribution in [2.75, 3.05) is 6.61 Å². The van der Waals surface area contributed by atoms with Gasteiger partial charge in [0, 0.05) is 18.4 Å². The number of rotatable bonds is 4. The number of allylic oxidation sites excluding steroid dienone is 2. The van der Waals surface area contributed by atoms with Crippen molar-refractivity contribution in [1.82, 2.24) is 13.9 Å². The molecule has 5 heterocycles. The zero-order chi connectivity index (χ0) is 29.5. The molecule has 0 radical (unpaired) electrons. The molecule has 4 aliphatic carbocycles. The van der Waals surface area contributed by atoms with Crippen molar-refractivity contribution in [3.63, 3.8) is 0 Å². The molecule has 2 saturated heterocycles. The fourth-order valence-corrected chi connectivity index (χ4v) is 11.7. The number of fused-ring (bicyclic) bond motifs is 2. The van der Waals surface area contributed by atoms with Crippen LogP contribution in [0, 0.1) is 28.6 Å². The smallest absolute Gasteiger partial charge is 0.352 e. The summed E-state index contributed by atoms with van der Waals surface area (Å²) in [6.07, 6.45) is 10.8. The zero-order valence-electron chi connectivity index (χ0n) is 25.4.